The van der Waals surface area contributed by atoms with Crippen molar-refractivity contribution in [1.82, 2.24) is 5.32 Å². The van der Waals surface area contributed by atoms with Crippen LogP contribution in [0.1, 0.15) is 31.2 Å². The molecule has 1 heterocycles. The van der Waals surface area contributed by atoms with Gasteiger partial charge in [0, 0.05) is 6.04 Å². The van der Waals surface area contributed by atoms with Crippen LogP contribution in [0.5, 0.6) is 11.5 Å². The van der Waals surface area contributed by atoms with Crippen molar-refractivity contribution in [3.05, 3.63) is 59.1 Å². The molecular formula is C19H22ClNO. The molecule has 0 aromatic heterocycles. The summed E-state index contributed by atoms with van der Waals surface area (Å²) in [5.74, 6) is 1.62. The predicted molar refractivity (Wildman–Crippen MR) is 91.9 cm³/mol. The quantitative estimate of drug-likeness (QED) is 0.818. The maximum absolute atomic E-state index is 6.19. The molecule has 1 unspecified atom stereocenters. The van der Waals surface area contributed by atoms with Crippen LogP contribution in [-0.2, 0) is 6.42 Å². The van der Waals surface area contributed by atoms with Gasteiger partial charge in [0.05, 0.1) is 5.02 Å². The van der Waals surface area contributed by atoms with Gasteiger partial charge in [-0.25, -0.2) is 0 Å². The number of halogens is 1. The van der Waals surface area contributed by atoms with E-state index >= 15 is 0 Å². The molecule has 22 heavy (non-hydrogen) atoms. The first-order valence-electron chi connectivity index (χ1n) is 8.06. The molecule has 0 bridgehead atoms. The molecule has 2 nitrogen and oxygen atoms in total. The van der Waals surface area contributed by atoms with Gasteiger partial charge in [0.15, 0.2) is 0 Å². The number of benzene rings is 2. The summed E-state index contributed by atoms with van der Waals surface area (Å²) in [6, 6.07) is 16.5. The number of hydrogen-bond donors (Lipinski definition) is 1. The third-order valence-corrected chi connectivity index (χ3v) is 4.52. The largest absolute Gasteiger partial charge is 0.456 e. The monoisotopic (exact) mass is 315 g/mol. The summed E-state index contributed by atoms with van der Waals surface area (Å²) in [5.41, 5.74) is 1.25. The van der Waals surface area contributed by atoms with Gasteiger partial charge in [0.25, 0.3) is 0 Å². The molecule has 1 N–H and O–H groups in total. The van der Waals surface area contributed by atoms with Crippen LogP contribution in [0.25, 0.3) is 0 Å². The van der Waals surface area contributed by atoms with Crippen molar-refractivity contribution in [1.29, 1.82) is 0 Å². The number of ether oxygens (including phenoxy) is 1. The second-order valence-electron chi connectivity index (χ2n) is 5.83. The molecule has 1 saturated heterocycles. The summed E-state index contributed by atoms with van der Waals surface area (Å²) in [6.45, 7) is 1.16. The smallest absolute Gasteiger partial charge is 0.146 e. The van der Waals surface area contributed by atoms with E-state index in [9.17, 15) is 0 Å². The van der Waals surface area contributed by atoms with Gasteiger partial charge < -0.3 is 10.1 Å². The van der Waals surface area contributed by atoms with E-state index in [1.54, 1.807) is 0 Å². The lowest BCUT2D eigenvalue weighted by Crippen LogP contribution is -2.34. The zero-order valence-electron chi connectivity index (χ0n) is 12.7. The Labute approximate surface area is 137 Å². The van der Waals surface area contributed by atoms with Gasteiger partial charge in [-0.1, -0.05) is 48.4 Å². The van der Waals surface area contributed by atoms with Crippen LogP contribution in [-0.4, -0.2) is 12.6 Å². The Hall–Kier alpha value is -1.51. The summed E-state index contributed by atoms with van der Waals surface area (Å²) in [6.07, 6.45) is 6.12. The molecule has 1 atom stereocenters. The number of aryl methyl sites for hydroxylation is 1. The fourth-order valence-corrected chi connectivity index (χ4v) is 3.13. The molecule has 0 spiro atoms. The first-order chi connectivity index (χ1) is 10.8. The van der Waals surface area contributed by atoms with Crippen LogP contribution < -0.4 is 10.1 Å². The van der Waals surface area contributed by atoms with Gasteiger partial charge in [-0.3, -0.25) is 0 Å². The molecule has 0 amide bonds. The van der Waals surface area contributed by atoms with E-state index in [1.807, 2.05) is 36.4 Å². The molecule has 1 fully saturated rings. The Bertz CT molecular complexity index is 608. The maximum Gasteiger partial charge on any atom is 0.146 e. The minimum absolute atomic E-state index is 0.641. The average Bonchev–Trinajstić information content (AvgIpc) is 2.57. The van der Waals surface area contributed by atoms with Crippen LogP contribution >= 0.6 is 11.6 Å². The number of nitrogens with one attached hydrogen (secondary N) is 1. The fourth-order valence-electron chi connectivity index (χ4n) is 2.96. The Balaban J connectivity index is 1.68. The van der Waals surface area contributed by atoms with E-state index in [1.165, 1.54) is 24.8 Å². The van der Waals surface area contributed by atoms with E-state index in [4.69, 9.17) is 16.3 Å². The van der Waals surface area contributed by atoms with Gasteiger partial charge in [-0.15, -0.1) is 0 Å². The van der Waals surface area contributed by atoms with E-state index < -0.39 is 0 Å². The Morgan fingerprint density at radius 1 is 1.00 bits per heavy atom. The summed E-state index contributed by atoms with van der Waals surface area (Å²) < 4.78 is 6.03. The lowest BCUT2D eigenvalue weighted by Gasteiger charge is -2.23. The molecule has 0 radical (unpaired) electrons. The minimum atomic E-state index is 0.641. The SMILES string of the molecule is Clc1ccccc1Oc1ccccc1CCC1CCCCN1. The highest BCUT2D eigenvalue weighted by Gasteiger charge is 2.14. The van der Waals surface area contributed by atoms with Gasteiger partial charge in [-0.2, -0.15) is 0 Å². The first-order valence-corrected chi connectivity index (χ1v) is 8.44. The first kappa shape index (κ1) is 15.4. The molecular weight excluding hydrogens is 294 g/mol. The Morgan fingerprint density at radius 2 is 1.77 bits per heavy atom. The molecule has 1 aliphatic heterocycles. The summed E-state index contributed by atoms with van der Waals surface area (Å²) in [5, 5.41) is 4.25. The molecule has 3 rings (SSSR count). The molecule has 0 saturated carbocycles. The zero-order valence-corrected chi connectivity index (χ0v) is 13.5. The third kappa shape index (κ3) is 4.02. The van der Waals surface area contributed by atoms with E-state index in [0.29, 0.717) is 16.8 Å². The van der Waals surface area contributed by atoms with Crippen molar-refractivity contribution >= 4 is 11.6 Å². The fraction of sp³-hybridized carbons (Fsp3) is 0.368. The average molecular weight is 316 g/mol. The van der Waals surface area contributed by atoms with Crippen molar-refractivity contribution < 1.29 is 4.74 Å². The van der Waals surface area contributed by atoms with Crippen LogP contribution in [0.4, 0.5) is 0 Å². The highest BCUT2D eigenvalue weighted by molar-refractivity contribution is 6.32. The van der Waals surface area contributed by atoms with E-state index in [0.717, 1.165) is 25.1 Å². The summed E-state index contributed by atoms with van der Waals surface area (Å²) >= 11 is 6.19. The second kappa shape index (κ2) is 7.66. The van der Waals surface area contributed by atoms with Crippen LogP contribution in [0.3, 0.4) is 0 Å². The van der Waals surface area contributed by atoms with Crippen LogP contribution in [0.15, 0.2) is 48.5 Å². The predicted octanol–water partition coefficient (Wildman–Crippen LogP) is 5.21. The second-order valence-corrected chi connectivity index (χ2v) is 6.23. The van der Waals surface area contributed by atoms with Gasteiger partial charge in [0.1, 0.15) is 11.5 Å². The van der Waals surface area contributed by atoms with Crippen LogP contribution in [0.2, 0.25) is 5.02 Å². The minimum Gasteiger partial charge on any atom is -0.456 e. The molecule has 116 valence electrons. The van der Waals surface area contributed by atoms with Crippen LogP contribution in [0, 0.1) is 0 Å². The van der Waals surface area contributed by atoms with Crippen molar-refractivity contribution in [2.24, 2.45) is 0 Å². The molecule has 3 heteroatoms. The third-order valence-electron chi connectivity index (χ3n) is 4.20. The van der Waals surface area contributed by atoms with Crippen molar-refractivity contribution in [3.63, 3.8) is 0 Å². The van der Waals surface area contributed by atoms with E-state index in [2.05, 4.69) is 17.4 Å². The van der Waals surface area contributed by atoms with E-state index in [-0.39, 0.29) is 0 Å². The molecule has 1 aliphatic rings. The lowest BCUT2D eigenvalue weighted by molar-refractivity contribution is 0.380. The topological polar surface area (TPSA) is 21.3 Å². The van der Waals surface area contributed by atoms with Gasteiger partial charge in [-0.05, 0) is 56.0 Å². The highest BCUT2D eigenvalue weighted by atomic mass is 35.5. The number of para-hydroxylation sites is 2. The maximum atomic E-state index is 6.19. The normalized spacial score (nSPS) is 18.1. The van der Waals surface area contributed by atoms with Crippen molar-refractivity contribution in [2.75, 3.05) is 6.54 Å². The van der Waals surface area contributed by atoms with Crippen molar-refractivity contribution in [2.45, 2.75) is 38.1 Å². The van der Waals surface area contributed by atoms with Gasteiger partial charge in [0.2, 0.25) is 0 Å². The number of piperidine rings is 1. The summed E-state index contributed by atoms with van der Waals surface area (Å²) in [4.78, 5) is 0. The molecule has 2 aromatic rings. The Kier molecular flexibility index (Phi) is 5.36. The number of rotatable bonds is 5. The Morgan fingerprint density at radius 3 is 2.55 bits per heavy atom. The summed E-state index contributed by atoms with van der Waals surface area (Å²) in [7, 11) is 0. The zero-order chi connectivity index (χ0) is 15.2. The standard InChI is InChI=1S/C19H22ClNO/c20-17-9-2-4-11-19(17)22-18-10-3-1-7-15(18)12-13-16-8-5-6-14-21-16/h1-4,7,9-11,16,21H,5-6,8,12-14H2. The molecule has 0 aliphatic carbocycles. The number of hydrogen-bond acceptors (Lipinski definition) is 2. The van der Waals surface area contributed by atoms with Crippen molar-refractivity contribution in [3.8, 4) is 11.5 Å². The highest BCUT2D eigenvalue weighted by Crippen LogP contribution is 2.31. The molecule has 2 aromatic carbocycles. The van der Waals surface area contributed by atoms with Gasteiger partial charge >= 0.3 is 0 Å². The lowest BCUT2D eigenvalue weighted by atomic mass is 9.97.